The molecule has 0 saturated heterocycles. The number of aromatic hydroxyl groups is 2. The Balaban J connectivity index is 1.57. The molecule has 56 heavy (non-hydrogen) atoms. The van der Waals surface area contributed by atoms with Crippen molar-refractivity contribution in [2.24, 2.45) is 0 Å². The second kappa shape index (κ2) is 18.8. The van der Waals surface area contributed by atoms with Crippen LogP contribution >= 0.6 is 0 Å². The number of benzene rings is 5. The van der Waals surface area contributed by atoms with Gasteiger partial charge in [-0.05, 0) is 92.6 Å². The Kier molecular flexibility index (Phi) is 13.9. The quantitative estimate of drug-likeness (QED) is 0.0637. The molecule has 0 radical (unpaired) electrons. The van der Waals surface area contributed by atoms with Gasteiger partial charge in [0.1, 0.15) is 17.1 Å². The third kappa shape index (κ3) is 11.7. The van der Waals surface area contributed by atoms with Crippen LogP contribution in [0.4, 0.5) is 0 Å². The molecule has 292 valence electrons. The monoisotopic (exact) mass is 754 g/mol. The van der Waals surface area contributed by atoms with Gasteiger partial charge in [0.05, 0.1) is 6.54 Å². The van der Waals surface area contributed by atoms with E-state index in [4.69, 9.17) is 4.74 Å². The van der Waals surface area contributed by atoms with Crippen LogP contribution in [0, 0.1) is 0 Å². The minimum atomic E-state index is -0.977. The highest BCUT2D eigenvalue weighted by atomic mass is 16.6. The van der Waals surface area contributed by atoms with Crippen LogP contribution in [-0.2, 0) is 27.4 Å². The van der Waals surface area contributed by atoms with Gasteiger partial charge in [0.2, 0.25) is 0 Å². The Labute approximate surface area is 331 Å². The molecule has 5 rings (SSSR count). The molecule has 8 nitrogen and oxygen atoms in total. The lowest BCUT2D eigenvalue weighted by molar-refractivity contribution is -0.155. The van der Waals surface area contributed by atoms with E-state index in [9.17, 15) is 24.9 Å². The van der Waals surface area contributed by atoms with E-state index in [1.165, 1.54) is 0 Å². The maximum Gasteiger partial charge on any atom is 0.317 e. The van der Waals surface area contributed by atoms with Crippen LogP contribution in [0.25, 0.3) is 11.1 Å². The van der Waals surface area contributed by atoms with E-state index in [2.05, 4.69) is 55.1 Å². The Morgan fingerprint density at radius 3 is 1.61 bits per heavy atom. The normalized spacial score (nSPS) is 11.8. The first kappa shape index (κ1) is 41.5. The number of esters is 1. The molecule has 8 heteroatoms. The number of phenols is 2. The molecule has 5 aromatic rings. The number of hydrogen-bond donors (Lipinski definition) is 3. The van der Waals surface area contributed by atoms with Gasteiger partial charge >= 0.3 is 11.9 Å². The van der Waals surface area contributed by atoms with Crippen LogP contribution in [-0.4, -0.2) is 67.8 Å². The summed E-state index contributed by atoms with van der Waals surface area (Å²) in [5.41, 5.74) is 6.23. The van der Waals surface area contributed by atoms with Crippen LogP contribution < -0.4 is 0 Å². The van der Waals surface area contributed by atoms with Crippen molar-refractivity contribution in [2.75, 3.05) is 19.6 Å². The Bertz CT molecular complexity index is 2050. The van der Waals surface area contributed by atoms with Crippen LogP contribution in [0.3, 0.4) is 0 Å². The molecule has 0 atom stereocenters. The molecule has 0 unspecified atom stereocenters. The number of phenolic OH excluding ortho intramolecular Hbond substituents is 2. The number of carbonyl (C=O) groups excluding carboxylic acids is 1. The maximum atomic E-state index is 12.9. The highest BCUT2D eigenvalue weighted by molar-refractivity contribution is 6.04. The summed E-state index contributed by atoms with van der Waals surface area (Å²) in [5, 5.41) is 31.9. The average molecular weight is 755 g/mol. The number of carbonyl (C=O) groups is 2. The Morgan fingerprint density at radius 2 is 1.09 bits per heavy atom. The minimum absolute atomic E-state index is 0.104. The fourth-order valence-corrected chi connectivity index (χ4v) is 6.91. The molecule has 3 N–H and O–H groups in total. The van der Waals surface area contributed by atoms with Gasteiger partial charge in [-0.25, -0.2) is 0 Å². The molecule has 0 spiro atoms. The van der Waals surface area contributed by atoms with E-state index in [-0.39, 0.29) is 37.0 Å². The summed E-state index contributed by atoms with van der Waals surface area (Å²) >= 11 is 0. The van der Waals surface area contributed by atoms with E-state index >= 15 is 0 Å². The largest absolute Gasteiger partial charge is 0.508 e. The van der Waals surface area contributed by atoms with Crippen molar-refractivity contribution in [3.63, 3.8) is 0 Å². The van der Waals surface area contributed by atoms with Crippen molar-refractivity contribution in [3.05, 3.63) is 167 Å². The van der Waals surface area contributed by atoms with E-state index in [1.807, 2.05) is 93.6 Å². The zero-order valence-electron chi connectivity index (χ0n) is 33.1. The highest BCUT2D eigenvalue weighted by Crippen LogP contribution is 2.39. The molecule has 0 aromatic heterocycles. The van der Waals surface area contributed by atoms with Crippen LogP contribution in [0.1, 0.15) is 80.8 Å². The topological polar surface area (TPSA) is 111 Å². The molecule has 0 heterocycles. The van der Waals surface area contributed by atoms with E-state index in [1.54, 1.807) is 29.2 Å². The number of aliphatic carboxylic acids is 1. The number of hydrogen-bond acceptors (Lipinski definition) is 7. The molecule has 0 bridgehead atoms. The number of rotatable bonds is 17. The van der Waals surface area contributed by atoms with Gasteiger partial charge in [0.25, 0.3) is 0 Å². The van der Waals surface area contributed by atoms with Crippen molar-refractivity contribution in [1.29, 1.82) is 0 Å². The van der Waals surface area contributed by atoms with Crippen molar-refractivity contribution in [1.82, 2.24) is 9.80 Å². The van der Waals surface area contributed by atoms with Gasteiger partial charge in [-0.1, -0.05) is 115 Å². The summed E-state index contributed by atoms with van der Waals surface area (Å²) < 4.78 is 5.65. The smallest absolute Gasteiger partial charge is 0.317 e. The summed E-state index contributed by atoms with van der Waals surface area (Å²) in [6.07, 6.45) is 0.643. The molecular formula is C48H54N2O6. The first-order valence-corrected chi connectivity index (χ1v) is 19.1. The van der Waals surface area contributed by atoms with Crippen molar-refractivity contribution < 1.29 is 29.6 Å². The fraction of sp³-hybridized carbons (Fsp3) is 0.292. The first-order valence-electron chi connectivity index (χ1n) is 19.1. The lowest BCUT2D eigenvalue weighted by Crippen LogP contribution is -2.47. The van der Waals surface area contributed by atoms with Gasteiger partial charge < -0.3 is 20.1 Å². The zero-order valence-corrected chi connectivity index (χ0v) is 33.1. The molecular weight excluding hydrogens is 701 g/mol. The summed E-state index contributed by atoms with van der Waals surface area (Å²) in [4.78, 5) is 28.9. The average Bonchev–Trinajstić information content (AvgIpc) is 3.16. The predicted octanol–water partition coefficient (Wildman–Crippen LogP) is 9.39. The summed E-state index contributed by atoms with van der Waals surface area (Å²) in [7, 11) is 0. The summed E-state index contributed by atoms with van der Waals surface area (Å²) in [6, 6.07) is 43.5. The lowest BCUT2D eigenvalue weighted by Gasteiger charge is -2.40. The Hall–Kier alpha value is -5.70. The first-order chi connectivity index (χ1) is 26.7. The van der Waals surface area contributed by atoms with Gasteiger partial charge in [-0.2, -0.15) is 0 Å². The van der Waals surface area contributed by atoms with Crippen molar-refractivity contribution in [3.8, 4) is 11.5 Å². The fourth-order valence-electron chi connectivity index (χ4n) is 6.91. The number of carboxylic acids is 1. The van der Waals surface area contributed by atoms with Gasteiger partial charge in [-0.3, -0.25) is 19.4 Å². The van der Waals surface area contributed by atoms with E-state index in [0.717, 1.165) is 33.4 Å². The minimum Gasteiger partial charge on any atom is -0.508 e. The highest BCUT2D eigenvalue weighted by Gasteiger charge is 2.30. The zero-order chi connectivity index (χ0) is 40.3. The van der Waals surface area contributed by atoms with Crippen molar-refractivity contribution >= 4 is 23.1 Å². The molecule has 0 amide bonds. The molecule has 0 fully saturated rings. The third-order valence-corrected chi connectivity index (χ3v) is 9.81. The maximum absolute atomic E-state index is 12.9. The second-order valence-electron chi connectivity index (χ2n) is 15.7. The second-order valence-corrected chi connectivity index (χ2v) is 15.7. The van der Waals surface area contributed by atoms with Crippen LogP contribution in [0.2, 0.25) is 0 Å². The summed E-state index contributed by atoms with van der Waals surface area (Å²) in [5.74, 6) is -1.04. The standard InChI is InChI=1S/C48H54N2O6/c1-47(2,3)56-44(55)27-28-48(4,5)50(30-29-49(34-43(53)54)32-39-23-15-16-24-41(39)51)33-40-31-38(25-26-42(40)52)46(37-21-13-8-14-22-37)45(35-17-9-6-10-18-35)36-19-11-7-12-20-36/h6-26,31,51-52H,27-30,32-34H2,1-5H3,(H,53,54). The van der Waals surface area contributed by atoms with E-state index < -0.39 is 17.1 Å². The lowest BCUT2D eigenvalue weighted by atomic mass is 9.85. The number of ether oxygens (including phenoxy) is 1. The molecule has 0 aliphatic heterocycles. The number of nitrogens with zero attached hydrogens (tertiary/aromatic N) is 2. The van der Waals surface area contributed by atoms with Crippen LogP contribution in [0.15, 0.2) is 133 Å². The predicted molar refractivity (Wildman–Crippen MR) is 223 cm³/mol. The van der Waals surface area contributed by atoms with Crippen LogP contribution in [0.5, 0.6) is 11.5 Å². The van der Waals surface area contributed by atoms with Gasteiger partial charge in [0.15, 0.2) is 0 Å². The molecule has 0 aliphatic carbocycles. The molecule has 0 aliphatic rings. The van der Waals surface area contributed by atoms with Gasteiger partial charge in [-0.15, -0.1) is 0 Å². The molecule has 0 saturated carbocycles. The summed E-state index contributed by atoms with van der Waals surface area (Å²) in [6.45, 7) is 10.7. The third-order valence-electron chi connectivity index (χ3n) is 9.81. The van der Waals surface area contributed by atoms with Gasteiger partial charge in [0, 0.05) is 49.3 Å². The number of para-hydroxylation sites is 1. The Morgan fingerprint density at radius 1 is 0.589 bits per heavy atom. The van der Waals surface area contributed by atoms with E-state index in [0.29, 0.717) is 37.2 Å². The molecule has 5 aromatic carbocycles. The van der Waals surface area contributed by atoms with Crippen molar-refractivity contribution in [2.45, 2.75) is 71.7 Å². The number of carboxylic acid groups (broad SMARTS) is 1. The SMILES string of the molecule is CC(C)(C)OC(=O)CCC(C)(C)N(CCN(CC(=O)O)Cc1ccccc1O)Cc1cc(C(=C(c2ccccc2)c2ccccc2)c2ccccc2)ccc1O.